The van der Waals surface area contributed by atoms with Gasteiger partial charge in [0.25, 0.3) is 0 Å². The fraction of sp³-hybridized carbons (Fsp3) is 0.250. The van der Waals surface area contributed by atoms with Crippen LogP contribution in [0.5, 0.6) is 5.75 Å². The Morgan fingerprint density at radius 1 is 1.29 bits per heavy atom. The number of carbonyl (C=O) groups is 2. The molecule has 0 spiro atoms. The molecule has 1 N–H and O–H groups in total. The highest BCUT2D eigenvalue weighted by molar-refractivity contribution is 5.96. The van der Waals surface area contributed by atoms with E-state index in [9.17, 15) is 9.59 Å². The molecule has 2 aromatic rings. The Labute approximate surface area is 121 Å². The molecule has 0 radical (unpaired) electrons. The van der Waals surface area contributed by atoms with Crippen molar-refractivity contribution in [3.05, 3.63) is 35.1 Å². The molecule has 0 amide bonds. The number of ether oxygens (including phenoxy) is 1. The lowest BCUT2D eigenvalue weighted by Gasteiger charge is -2.13. The summed E-state index contributed by atoms with van der Waals surface area (Å²) in [5.41, 5.74) is 3.32. The van der Waals surface area contributed by atoms with Crippen LogP contribution in [0.3, 0.4) is 0 Å². The molecular weight excluding hydrogens is 272 g/mol. The van der Waals surface area contributed by atoms with Gasteiger partial charge < -0.3 is 14.3 Å². The van der Waals surface area contributed by atoms with E-state index in [0.717, 1.165) is 17.0 Å². The average molecular weight is 288 g/mol. The van der Waals surface area contributed by atoms with Crippen molar-refractivity contribution in [2.45, 2.75) is 27.7 Å². The normalized spacial score (nSPS) is 11.7. The molecule has 0 unspecified atom stereocenters. The van der Waals surface area contributed by atoms with Gasteiger partial charge in [0.2, 0.25) is 0 Å². The smallest absolute Gasteiger partial charge is 0.328 e. The third-order valence-electron chi connectivity index (χ3n) is 3.25. The number of allylic oxidation sites excluding steroid dienone is 1. The van der Waals surface area contributed by atoms with Gasteiger partial charge in [0, 0.05) is 29.5 Å². The van der Waals surface area contributed by atoms with Crippen LogP contribution >= 0.6 is 0 Å². The van der Waals surface area contributed by atoms with E-state index in [1.54, 1.807) is 26.2 Å². The number of hydrogen-bond acceptors (Lipinski definition) is 4. The number of carboxylic acids is 1. The second kappa shape index (κ2) is 5.44. The summed E-state index contributed by atoms with van der Waals surface area (Å²) in [5.74, 6) is -1.19. The zero-order valence-electron chi connectivity index (χ0n) is 12.3. The van der Waals surface area contributed by atoms with E-state index >= 15 is 0 Å². The SMILES string of the molecule is CC(=O)Oc1c(/C(C)=C/C(=O)O)cc2c(C)coc2c1C. The van der Waals surface area contributed by atoms with Gasteiger partial charge in [-0.3, -0.25) is 4.79 Å². The molecule has 1 aromatic heterocycles. The highest BCUT2D eigenvalue weighted by Crippen LogP contribution is 2.37. The van der Waals surface area contributed by atoms with E-state index in [4.69, 9.17) is 14.3 Å². The number of aliphatic carboxylic acids is 1. The van der Waals surface area contributed by atoms with Gasteiger partial charge in [-0.1, -0.05) is 0 Å². The summed E-state index contributed by atoms with van der Waals surface area (Å²) in [6.07, 6.45) is 2.71. The van der Waals surface area contributed by atoms with Crippen LogP contribution in [0, 0.1) is 13.8 Å². The molecule has 0 fully saturated rings. The Morgan fingerprint density at radius 2 is 1.95 bits per heavy atom. The van der Waals surface area contributed by atoms with Crippen LogP contribution in [0.25, 0.3) is 16.5 Å². The molecule has 5 nitrogen and oxygen atoms in total. The van der Waals surface area contributed by atoms with Crippen molar-refractivity contribution in [2.75, 3.05) is 0 Å². The molecule has 2 rings (SSSR count). The highest BCUT2D eigenvalue weighted by Gasteiger charge is 2.18. The molecule has 21 heavy (non-hydrogen) atoms. The Morgan fingerprint density at radius 3 is 2.52 bits per heavy atom. The minimum Gasteiger partial charge on any atom is -0.478 e. The van der Waals surface area contributed by atoms with Crippen molar-refractivity contribution < 1.29 is 23.8 Å². The van der Waals surface area contributed by atoms with Crippen molar-refractivity contribution in [2.24, 2.45) is 0 Å². The summed E-state index contributed by atoms with van der Waals surface area (Å²) >= 11 is 0. The third kappa shape index (κ3) is 2.81. The van der Waals surface area contributed by atoms with E-state index in [1.165, 1.54) is 6.92 Å². The zero-order chi connectivity index (χ0) is 15.7. The van der Waals surface area contributed by atoms with Crippen molar-refractivity contribution in [3.8, 4) is 5.75 Å². The van der Waals surface area contributed by atoms with E-state index in [1.807, 2.05) is 6.92 Å². The maximum atomic E-state index is 11.3. The quantitative estimate of drug-likeness (QED) is 0.531. The number of aryl methyl sites for hydroxylation is 2. The first kappa shape index (κ1) is 14.8. The van der Waals surface area contributed by atoms with Crippen LogP contribution in [0.1, 0.15) is 30.5 Å². The monoisotopic (exact) mass is 288 g/mol. The summed E-state index contributed by atoms with van der Waals surface area (Å²) in [6, 6.07) is 1.79. The molecule has 0 aliphatic rings. The first-order valence-electron chi connectivity index (χ1n) is 6.42. The van der Waals surface area contributed by atoms with E-state index in [2.05, 4.69) is 0 Å². The lowest BCUT2D eigenvalue weighted by atomic mass is 9.99. The number of esters is 1. The first-order chi connectivity index (χ1) is 9.81. The molecule has 1 aromatic carbocycles. The van der Waals surface area contributed by atoms with Crippen molar-refractivity contribution in [3.63, 3.8) is 0 Å². The van der Waals surface area contributed by atoms with Crippen molar-refractivity contribution >= 4 is 28.5 Å². The number of furan rings is 1. The fourth-order valence-corrected chi connectivity index (χ4v) is 2.27. The van der Waals surface area contributed by atoms with Gasteiger partial charge in [-0.15, -0.1) is 0 Å². The minimum absolute atomic E-state index is 0.333. The largest absolute Gasteiger partial charge is 0.478 e. The number of rotatable bonds is 3. The Kier molecular flexibility index (Phi) is 3.84. The topological polar surface area (TPSA) is 76.7 Å². The molecule has 5 heteroatoms. The van der Waals surface area contributed by atoms with Crippen LogP contribution < -0.4 is 4.74 Å². The Balaban J connectivity index is 2.79. The van der Waals surface area contributed by atoms with Crippen LogP contribution in [0.15, 0.2) is 22.8 Å². The summed E-state index contributed by atoms with van der Waals surface area (Å²) in [4.78, 5) is 22.2. The second-order valence-electron chi connectivity index (χ2n) is 4.93. The predicted molar refractivity (Wildman–Crippen MR) is 78.3 cm³/mol. The van der Waals surface area contributed by atoms with Gasteiger partial charge in [-0.25, -0.2) is 4.79 Å². The lowest BCUT2D eigenvalue weighted by molar-refractivity contribution is -0.132. The zero-order valence-corrected chi connectivity index (χ0v) is 12.3. The molecule has 0 atom stereocenters. The summed E-state index contributed by atoms with van der Waals surface area (Å²) in [6.45, 7) is 6.64. The summed E-state index contributed by atoms with van der Waals surface area (Å²) < 4.78 is 10.8. The number of benzene rings is 1. The molecular formula is C16H16O5. The molecule has 110 valence electrons. The van der Waals surface area contributed by atoms with Gasteiger partial charge in [0.05, 0.1) is 6.26 Å². The third-order valence-corrected chi connectivity index (χ3v) is 3.25. The predicted octanol–water partition coefficient (Wildman–Crippen LogP) is 3.46. The van der Waals surface area contributed by atoms with E-state index in [0.29, 0.717) is 28.0 Å². The molecule has 0 saturated heterocycles. The van der Waals surface area contributed by atoms with Gasteiger partial charge in [-0.2, -0.15) is 0 Å². The Bertz CT molecular complexity index is 765. The van der Waals surface area contributed by atoms with Crippen LogP contribution in [0.4, 0.5) is 0 Å². The van der Waals surface area contributed by atoms with Gasteiger partial charge in [-0.05, 0) is 38.0 Å². The Hall–Kier alpha value is -2.56. The summed E-state index contributed by atoms with van der Waals surface area (Å²) in [5, 5.41) is 9.78. The van der Waals surface area contributed by atoms with Crippen LogP contribution in [-0.4, -0.2) is 17.0 Å². The van der Waals surface area contributed by atoms with E-state index < -0.39 is 11.9 Å². The molecule has 0 bridgehead atoms. The molecule has 1 heterocycles. The van der Waals surface area contributed by atoms with Gasteiger partial charge >= 0.3 is 11.9 Å². The van der Waals surface area contributed by atoms with E-state index in [-0.39, 0.29) is 0 Å². The van der Waals surface area contributed by atoms with Crippen LogP contribution in [0.2, 0.25) is 0 Å². The minimum atomic E-state index is -1.05. The number of hydrogen-bond donors (Lipinski definition) is 1. The fourth-order valence-electron chi connectivity index (χ4n) is 2.27. The number of carboxylic acid groups (broad SMARTS) is 1. The molecule has 0 saturated carbocycles. The first-order valence-corrected chi connectivity index (χ1v) is 6.42. The maximum absolute atomic E-state index is 11.3. The van der Waals surface area contributed by atoms with Gasteiger partial charge in [0.15, 0.2) is 0 Å². The highest BCUT2D eigenvalue weighted by atomic mass is 16.5. The van der Waals surface area contributed by atoms with Crippen LogP contribution in [-0.2, 0) is 9.59 Å². The van der Waals surface area contributed by atoms with Crippen molar-refractivity contribution in [1.82, 2.24) is 0 Å². The lowest BCUT2D eigenvalue weighted by Crippen LogP contribution is -2.06. The van der Waals surface area contributed by atoms with Gasteiger partial charge in [0.1, 0.15) is 11.3 Å². The number of fused-ring (bicyclic) bond motifs is 1. The number of carbonyl (C=O) groups excluding carboxylic acids is 1. The maximum Gasteiger partial charge on any atom is 0.328 e. The standard InChI is InChI=1S/C16H16O5/c1-8(5-14(18)19)12-6-13-9(2)7-20-15(13)10(3)16(12)21-11(4)17/h5-7H,1-4H3,(H,18,19)/b8-5+. The average Bonchev–Trinajstić information content (AvgIpc) is 2.73. The molecule has 0 aliphatic carbocycles. The van der Waals surface area contributed by atoms with Crippen molar-refractivity contribution in [1.29, 1.82) is 0 Å². The summed E-state index contributed by atoms with van der Waals surface area (Å²) in [7, 11) is 0. The molecule has 0 aliphatic heterocycles. The second-order valence-corrected chi connectivity index (χ2v) is 4.93.